The van der Waals surface area contributed by atoms with Crippen molar-refractivity contribution in [3.63, 3.8) is 0 Å². The van der Waals surface area contributed by atoms with Crippen LogP contribution in [0, 0.1) is 20.8 Å². The van der Waals surface area contributed by atoms with E-state index < -0.39 is 0 Å². The molecule has 0 saturated heterocycles. The molecule has 1 aromatic carbocycles. The van der Waals surface area contributed by atoms with Crippen LogP contribution in [0.25, 0.3) is 10.9 Å². The standard InChI is InChI=1S/C14H15NO/c1-8-5-10(3)14-12(6-8)9(2)7-13(15-14)11(4)16/h5-7H,1-4H3. The molecule has 0 aliphatic heterocycles. The molecule has 0 spiro atoms. The molecule has 16 heavy (non-hydrogen) atoms. The van der Waals surface area contributed by atoms with Gasteiger partial charge in [-0.2, -0.15) is 0 Å². The maximum absolute atomic E-state index is 11.4. The van der Waals surface area contributed by atoms with Crippen molar-refractivity contribution < 1.29 is 4.79 Å². The van der Waals surface area contributed by atoms with Gasteiger partial charge in [-0.15, -0.1) is 0 Å². The van der Waals surface area contributed by atoms with Gasteiger partial charge in [-0.1, -0.05) is 11.6 Å². The second-order valence-electron chi connectivity index (χ2n) is 4.36. The van der Waals surface area contributed by atoms with Crippen LogP contribution in [0.3, 0.4) is 0 Å². The molecular formula is C14H15NO. The lowest BCUT2D eigenvalue weighted by Crippen LogP contribution is -1.99. The predicted molar refractivity (Wildman–Crippen MR) is 66.0 cm³/mol. The van der Waals surface area contributed by atoms with Crippen LogP contribution in [0.4, 0.5) is 0 Å². The van der Waals surface area contributed by atoms with Crippen LogP contribution < -0.4 is 0 Å². The molecule has 1 heterocycles. The molecular weight excluding hydrogens is 198 g/mol. The van der Waals surface area contributed by atoms with Gasteiger partial charge in [-0.05, 0) is 44.0 Å². The number of hydrogen-bond acceptors (Lipinski definition) is 2. The first-order chi connectivity index (χ1) is 7.49. The Kier molecular flexibility index (Phi) is 2.50. The van der Waals surface area contributed by atoms with E-state index in [1.165, 1.54) is 5.56 Å². The third-order valence-corrected chi connectivity index (χ3v) is 2.82. The number of carbonyl (C=O) groups excluding carboxylic acids is 1. The van der Waals surface area contributed by atoms with E-state index in [1.54, 1.807) is 6.92 Å². The highest BCUT2D eigenvalue weighted by atomic mass is 16.1. The van der Waals surface area contributed by atoms with E-state index in [9.17, 15) is 4.79 Å². The number of Topliss-reactive ketones (excluding diaryl/α,β-unsaturated/α-hetero) is 1. The molecule has 0 amide bonds. The van der Waals surface area contributed by atoms with Crippen LogP contribution in [0.5, 0.6) is 0 Å². The van der Waals surface area contributed by atoms with E-state index in [0.29, 0.717) is 5.69 Å². The van der Waals surface area contributed by atoms with E-state index in [2.05, 4.69) is 24.0 Å². The van der Waals surface area contributed by atoms with Gasteiger partial charge < -0.3 is 0 Å². The van der Waals surface area contributed by atoms with Crippen molar-refractivity contribution in [2.45, 2.75) is 27.7 Å². The minimum absolute atomic E-state index is 0.0185. The maximum atomic E-state index is 11.4. The first kappa shape index (κ1) is 10.8. The quantitative estimate of drug-likeness (QED) is 0.680. The number of benzene rings is 1. The Bertz CT molecular complexity index is 585. The van der Waals surface area contributed by atoms with Gasteiger partial charge in [0.25, 0.3) is 0 Å². The van der Waals surface area contributed by atoms with Crippen LogP contribution in [0.15, 0.2) is 18.2 Å². The Morgan fingerprint density at radius 1 is 1.06 bits per heavy atom. The summed E-state index contributed by atoms with van der Waals surface area (Å²) in [6.07, 6.45) is 0. The van der Waals surface area contributed by atoms with E-state index in [1.807, 2.05) is 19.9 Å². The first-order valence-electron chi connectivity index (χ1n) is 5.38. The zero-order valence-electron chi connectivity index (χ0n) is 10.1. The van der Waals surface area contributed by atoms with Crippen LogP contribution in [0.2, 0.25) is 0 Å². The minimum Gasteiger partial charge on any atom is -0.293 e. The average Bonchev–Trinajstić information content (AvgIpc) is 2.19. The third-order valence-electron chi connectivity index (χ3n) is 2.82. The van der Waals surface area contributed by atoms with Gasteiger partial charge in [0.05, 0.1) is 5.52 Å². The number of fused-ring (bicyclic) bond motifs is 1. The number of pyridine rings is 1. The SMILES string of the molecule is CC(=O)c1cc(C)c2cc(C)cc(C)c2n1. The molecule has 2 aromatic rings. The van der Waals surface area contributed by atoms with Crippen LogP contribution in [-0.4, -0.2) is 10.8 Å². The number of aryl methyl sites for hydroxylation is 3. The first-order valence-corrected chi connectivity index (χ1v) is 5.38. The molecule has 1 aromatic heterocycles. The summed E-state index contributed by atoms with van der Waals surface area (Å²) in [4.78, 5) is 15.8. The second-order valence-corrected chi connectivity index (χ2v) is 4.36. The molecule has 0 N–H and O–H groups in total. The van der Waals surface area contributed by atoms with Crippen LogP contribution in [0.1, 0.15) is 34.1 Å². The number of ketones is 1. The van der Waals surface area contributed by atoms with Crippen molar-refractivity contribution >= 4 is 16.7 Å². The summed E-state index contributed by atoms with van der Waals surface area (Å²) in [6.45, 7) is 7.68. The molecule has 2 nitrogen and oxygen atoms in total. The Morgan fingerprint density at radius 3 is 2.38 bits per heavy atom. The molecule has 0 saturated carbocycles. The smallest absolute Gasteiger partial charge is 0.178 e. The van der Waals surface area contributed by atoms with Crippen molar-refractivity contribution in [3.05, 3.63) is 40.6 Å². The number of nitrogens with zero attached hydrogens (tertiary/aromatic N) is 1. The van der Waals surface area contributed by atoms with Crippen molar-refractivity contribution in [2.75, 3.05) is 0 Å². The van der Waals surface area contributed by atoms with Gasteiger partial charge in [0.2, 0.25) is 0 Å². The third kappa shape index (κ3) is 1.71. The zero-order valence-corrected chi connectivity index (χ0v) is 10.1. The lowest BCUT2D eigenvalue weighted by molar-refractivity contribution is 0.101. The van der Waals surface area contributed by atoms with Gasteiger partial charge >= 0.3 is 0 Å². The van der Waals surface area contributed by atoms with Gasteiger partial charge in [-0.25, -0.2) is 4.98 Å². The number of aromatic nitrogens is 1. The van der Waals surface area contributed by atoms with Gasteiger partial charge in [0.15, 0.2) is 5.78 Å². The molecule has 0 bridgehead atoms. The highest BCUT2D eigenvalue weighted by Gasteiger charge is 2.08. The normalized spacial score (nSPS) is 10.8. The molecule has 0 radical (unpaired) electrons. The molecule has 2 rings (SSSR count). The summed E-state index contributed by atoms with van der Waals surface area (Å²) in [5.74, 6) is 0.0185. The Labute approximate surface area is 95.3 Å². The average molecular weight is 213 g/mol. The van der Waals surface area contributed by atoms with E-state index in [4.69, 9.17) is 0 Å². The topological polar surface area (TPSA) is 30.0 Å². The molecule has 0 fully saturated rings. The molecule has 82 valence electrons. The predicted octanol–water partition coefficient (Wildman–Crippen LogP) is 3.36. The van der Waals surface area contributed by atoms with Crippen molar-refractivity contribution in [1.82, 2.24) is 4.98 Å². The lowest BCUT2D eigenvalue weighted by Gasteiger charge is -2.08. The summed E-state index contributed by atoms with van der Waals surface area (Å²) in [7, 11) is 0. The molecule has 0 aliphatic rings. The van der Waals surface area contributed by atoms with Crippen LogP contribution >= 0.6 is 0 Å². The fraction of sp³-hybridized carbons (Fsp3) is 0.286. The highest BCUT2D eigenvalue weighted by molar-refractivity contribution is 5.96. The second kappa shape index (κ2) is 3.71. The number of carbonyl (C=O) groups is 1. The maximum Gasteiger partial charge on any atom is 0.178 e. The Morgan fingerprint density at radius 2 is 1.75 bits per heavy atom. The molecule has 0 aliphatic carbocycles. The molecule has 0 unspecified atom stereocenters. The van der Waals surface area contributed by atoms with Crippen LogP contribution in [-0.2, 0) is 0 Å². The van der Waals surface area contributed by atoms with Gasteiger partial charge in [0, 0.05) is 12.3 Å². The fourth-order valence-electron chi connectivity index (χ4n) is 2.02. The number of rotatable bonds is 1. The summed E-state index contributed by atoms with van der Waals surface area (Å²) >= 11 is 0. The highest BCUT2D eigenvalue weighted by Crippen LogP contribution is 2.22. The summed E-state index contributed by atoms with van der Waals surface area (Å²) in [5.41, 5.74) is 4.96. The minimum atomic E-state index is 0.0185. The Balaban J connectivity index is 2.87. The molecule has 0 atom stereocenters. The lowest BCUT2D eigenvalue weighted by atomic mass is 10.0. The summed E-state index contributed by atoms with van der Waals surface area (Å²) < 4.78 is 0. The number of hydrogen-bond donors (Lipinski definition) is 0. The molecule has 2 heteroatoms. The largest absolute Gasteiger partial charge is 0.293 e. The summed E-state index contributed by atoms with van der Waals surface area (Å²) in [6, 6.07) is 6.08. The van der Waals surface area contributed by atoms with Crippen molar-refractivity contribution in [2.24, 2.45) is 0 Å². The van der Waals surface area contributed by atoms with E-state index in [-0.39, 0.29) is 5.78 Å². The van der Waals surface area contributed by atoms with Gasteiger partial charge in [0.1, 0.15) is 5.69 Å². The van der Waals surface area contributed by atoms with Gasteiger partial charge in [-0.3, -0.25) is 4.79 Å². The van der Waals surface area contributed by atoms with E-state index >= 15 is 0 Å². The van der Waals surface area contributed by atoms with Crippen molar-refractivity contribution in [3.8, 4) is 0 Å². The Hall–Kier alpha value is -1.70. The monoisotopic (exact) mass is 213 g/mol. The zero-order chi connectivity index (χ0) is 11.9. The van der Waals surface area contributed by atoms with Crippen molar-refractivity contribution in [1.29, 1.82) is 0 Å². The fourth-order valence-corrected chi connectivity index (χ4v) is 2.02. The van der Waals surface area contributed by atoms with E-state index in [0.717, 1.165) is 22.0 Å². The summed E-state index contributed by atoms with van der Waals surface area (Å²) in [5, 5.41) is 1.14.